The minimum absolute atomic E-state index is 0.0876. The van der Waals surface area contributed by atoms with E-state index in [9.17, 15) is 0 Å². The van der Waals surface area contributed by atoms with Gasteiger partial charge in [-0.05, 0) is 31.9 Å². The van der Waals surface area contributed by atoms with Crippen molar-refractivity contribution in [1.82, 2.24) is 9.97 Å². The van der Waals surface area contributed by atoms with E-state index in [1.165, 1.54) is 11.3 Å². The van der Waals surface area contributed by atoms with Crippen molar-refractivity contribution in [2.75, 3.05) is 23.7 Å². The molecule has 0 bridgehead atoms. The molecule has 7 heteroatoms. The van der Waals surface area contributed by atoms with Crippen molar-refractivity contribution in [3.8, 4) is 10.4 Å². The number of hydrogen-bond acceptors (Lipinski definition) is 6. The van der Waals surface area contributed by atoms with Crippen molar-refractivity contribution in [2.45, 2.75) is 25.3 Å². The minimum Gasteiger partial charge on any atom is -0.383 e. The Labute approximate surface area is 132 Å². The predicted octanol–water partition coefficient (Wildman–Crippen LogP) is 2.76. The molecule has 5 nitrogen and oxygen atoms in total. The molecule has 0 aliphatic carbocycles. The Hall–Kier alpha value is -1.37. The molecule has 0 saturated carbocycles. The van der Waals surface area contributed by atoms with Crippen LogP contribution in [-0.4, -0.2) is 28.6 Å². The highest BCUT2D eigenvalue weighted by atomic mass is 35.5. The molecule has 1 aliphatic heterocycles. The van der Waals surface area contributed by atoms with Crippen molar-refractivity contribution < 1.29 is 0 Å². The second-order valence-electron chi connectivity index (χ2n) is 5.71. The fourth-order valence-corrected chi connectivity index (χ4v) is 3.47. The highest BCUT2D eigenvalue weighted by molar-refractivity contribution is 7.19. The van der Waals surface area contributed by atoms with E-state index in [-0.39, 0.29) is 5.54 Å². The fourth-order valence-electron chi connectivity index (χ4n) is 2.40. The number of thiophene rings is 1. The molecule has 0 spiro atoms. The number of aromatic nitrogens is 2. The van der Waals surface area contributed by atoms with Crippen LogP contribution in [0.4, 0.5) is 11.8 Å². The second kappa shape index (κ2) is 5.44. The summed E-state index contributed by atoms with van der Waals surface area (Å²) in [7, 11) is 0. The first kappa shape index (κ1) is 14.6. The maximum Gasteiger partial charge on any atom is 0.227 e. The van der Waals surface area contributed by atoms with Crippen molar-refractivity contribution in [2.24, 2.45) is 5.73 Å². The monoisotopic (exact) mass is 323 g/mol. The number of anilines is 2. The van der Waals surface area contributed by atoms with Gasteiger partial charge < -0.3 is 16.4 Å². The van der Waals surface area contributed by atoms with Crippen LogP contribution in [0.2, 0.25) is 4.34 Å². The van der Waals surface area contributed by atoms with Crippen molar-refractivity contribution in [3.63, 3.8) is 0 Å². The number of nitrogens with zero attached hydrogens (tertiary/aromatic N) is 3. The first-order valence-electron chi connectivity index (χ1n) is 6.87. The quantitative estimate of drug-likeness (QED) is 0.888. The normalized spacial score (nSPS) is 18.0. The van der Waals surface area contributed by atoms with E-state index in [0.29, 0.717) is 11.8 Å². The maximum atomic E-state index is 6.15. The molecule has 112 valence electrons. The first-order valence-corrected chi connectivity index (χ1v) is 8.06. The van der Waals surface area contributed by atoms with Gasteiger partial charge >= 0.3 is 0 Å². The Morgan fingerprint density at radius 3 is 2.62 bits per heavy atom. The van der Waals surface area contributed by atoms with E-state index < -0.39 is 0 Å². The Balaban J connectivity index is 1.82. The summed E-state index contributed by atoms with van der Waals surface area (Å²) in [6.07, 6.45) is 3.63. The van der Waals surface area contributed by atoms with E-state index in [0.717, 1.165) is 40.7 Å². The lowest BCUT2D eigenvalue weighted by molar-refractivity contribution is 0.362. The molecule has 4 N–H and O–H groups in total. The number of halogens is 1. The van der Waals surface area contributed by atoms with E-state index in [1.54, 1.807) is 6.20 Å². The summed E-state index contributed by atoms with van der Waals surface area (Å²) in [6.45, 7) is 3.80. The zero-order valence-corrected chi connectivity index (χ0v) is 13.4. The molecule has 0 unspecified atom stereocenters. The smallest absolute Gasteiger partial charge is 0.227 e. The topological polar surface area (TPSA) is 81.1 Å². The molecule has 3 heterocycles. The van der Waals surface area contributed by atoms with Crippen LogP contribution in [-0.2, 0) is 0 Å². The van der Waals surface area contributed by atoms with Crippen LogP contribution in [0.3, 0.4) is 0 Å². The number of nitrogen functional groups attached to an aromatic ring is 1. The highest BCUT2D eigenvalue weighted by Crippen LogP contribution is 2.34. The Bertz CT molecular complexity index is 645. The molecule has 1 aliphatic rings. The minimum atomic E-state index is -0.0876. The molecule has 0 amide bonds. The largest absolute Gasteiger partial charge is 0.383 e. The van der Waals surface area contributed by atoms with Gasteiger partial charge in [-0.3, -0.25) is 0 Å². The van der Waals surface area contributed by atoms with Crippen molar-refractivity contribution in [1.29, 1.82) is 0 Å². The maximum absolute atomic E-state index is 6.15. The standard InChI is InChI=1S/C14H18ClN5S/c1-14(17)4-6-20(7-5-14)13-18-8-9(12(16)19-13)10-2-3-11(15)21-10/h2-3,8H,4-7,17H2,1H3,(H2,16,18,19). The molecule has 21 heavy (non-hydrogen) atoms. The Morgan fingerprint density at radius 2 is 2.05 bits per heavy atom. The third-order valence-corrected chi connectivity index (χ3v) is 5.10. The molecule has 1 saturated heterocycles. The van der Waals surface area contributed by atoms with Gasteiger partial charge in [0.15, 0.2) is 0 Å². The molecule has 0 atom stereocenters. The molecule has 3 rings (SSSR count). The number of rotatable bonds is 2. The summed E-state index contributed by atoms with van der Waals surface area (Å²) in [5.74, 6) is 1.16. The molecular formula is C14H18ClN5S. The van der Waals surface area contributed by atoms with Crippen molar-refractivity contribution >= 4 is 34.7 Å². The van der Waals surface area contributed by atoms with Gasteiger partial charge in [-0.2, -0.15) is 4.98 Å². The molecule has 2 aromatic heterocycles. The van der Waals surface area contributed by atoms with Crippen LogP contribution in [0, 0.1) is 0 Å². The Kier molecular flexibility index (Phi) is 3.77. The summed E-state index contributed by atoms with van der Waals surface area (Å²) < 4.78 is 0.728. The van der Waals surface area contributed by atoms with Gasteiger partial charge in [-0.1, -0.05) is 11.6 Å². The van der Waals surface area contributed by atoms with Gasteiger partial charge in [0.1, 0.15) is 5.82 Å². The average Bonchev–Trinajstić information content (AvgIpc) is 2.85. The van der Waals surface area contributed by atoms with Gasteiger partial charge in [0.2, 0.25) is 5.95 Å². The van der Waals surface area contributed by atoms with Crippen LogP contribution in [0.1, 0.15) is 19.8 Å². The van der Waals surface area contributed by atoms with Crippen LogP contribution in [0.5, 0.6) is 0 Å². The summed E-state index contributed by atoms with van der Waals surface area (Å²) >= 11 is 7.43. The molecule has 0 aromatic carbocycles. The summed E-state index contributed by atoms with van der Waals surface area (Å²) in [5, 5.41) is 0. The zero-order chi connectivity index (χ0) is 15.0. The van der Waals surface area contributed by atoms with Crippen LogP contribution in [0.15, 0.2) is 18.3 Å². The van der Waals surface area contributed by atoms with Gasteiger partial charge in [-0.15, -0.1) is 11.3 Å². The van der Waals surface area contributed by atoms with Crippen LogP contribution >= 0.6 is 22.9 Å². The van der Waals surface area contributed by atoms with Gasteiger partial charge in [0.05, 0.1) is 9.90 Å². The number of hydrogen-bond donors (Lipinski definition) is 2. The summed E-state index contributed by atoms with van der Waals surface area (Å²) in [4.78, 5) is 12.0. The van der Waals surface area contributed by atoms with E-state index in [2.05, 4.69) is 21.8 Å². The van der Waals surface area contributed by atoms with Crippen LogP contribution < -0.4 is 16.4 Å². The lowest BCUT2D eigenvalue weighted by Crippen LogP contribution is -2.48. The van der Waals surface area contributed by atoms with Crippen LogP contribution in [0.25, 0.3) is 10.4 Å². The molecule has 2 aromatic rings. The summed E-state index contributed by atoms with van der Waals surface area (Å²) in [5.41, 5.74) is 13.0. The van der Waals surface area contributed by atoms with Gasteiger partial charge in [0, 0.05) is 29.7 Å². The highest BCUT2D eigenvalue weighted by Gasteiger charge is 2.27. The average molecular weight is 324 g/mol. The fraction of sp³-hybridized carbons (Fsp3) is 0.429. The number of nitrogens with two attached hydrogens (primary N) is 2. The second-order valence-corrected chi connectivity index (χ2v) is 7.43. The first-order chi connectivity index (χ1) is 9.94. The lowest BCUT2D eigenvalue weighted by atomic mass is 9.91. The van der Waals surface area contributed by atoms with Gasteiger partial charge in [-0.25, -0.2) is 4.98 Å². The molecule has 0 radical (unpaired) electrons. The Morgan fingerprint density at radius 1 is 1.33 bits per heavy atom. The molecule has 1 fully saturated rings. The molecular weight excluding hydrogens is 306 g/mol. The van der Waals surface area contributed by atoms with Crippen molar-refractivity contribution in [3.05, 3.63) is 22.7 Å². The number of piperidine rings is 1. The SMILES string of the molecule is CC1(N)CCN(c2ncc(-c3ccc(Cl)s3)c(N)n2)CC1. The van der Waals surface area contributed by atoms with Gasteiger partial charge in [0.25, 0.3) is 0 Å². The summed E-state index contributed by atoms with van der Waals surface area (Å²) in [6, 6.07) is 3.78. The van der Waals surface area contributed by atoms with E-state index in [4.69, 9.17) is 23.1 Å². The zero-order valence-electron chi connectivity index (χ0n) is 11.8. The third kappa shape index (κ3) is 3.12. The van der Waals surface area contributed by atoms with E-state index >= 15 is 0 Å². The predicted molar refractivity (Wildman–Crippen MR) is 88.8 cm³/mol. The third-order valence-electron chi connectivity index (χ3n) is 3.83. The lowest BCUT2D eigenvalue weighted by Gasteiger charge is -2.36. The van der Waals surface area contributed by atoms with E-state index in [1.807, 2.05) is 12.1 Å².